The van der Waals surface area contributed by atoms with Gasteiger partial charge >= 0.3 is 0 Å². The van der Waals surface area contributed by atoms with E-state index in [0.717, 1.165) is 68.3 Å². The second kappa shape index (κ2) is 10.9. The van der Waals surface area contributed by atoms with Crippen LogP contribution in [0.4, 0.5) is 0 Å². The largest absolute Gasteiger partial charge is 0.344 e. The van der Waals surface area contributed by atoms with Crippen LogP contribution in [0.25, 0.3) is 5.57 Å². The van der Waals surface area contributed by atoms with E-state index in [4.69, 9.17) is 0 Å². The molecule has 5 rings (SSSR count). The third-order valence-electron chi connectivity index (χ3n) is 8.42. The van der Waals surface area contributed by atoms with E-state index in [2.05, 4.69) is 51.7 Å². The number of likely N-dealkylation sites (tertiary alicyclic amines) is 1. The molecule has 190 valence electrons. The van der Waals surface area contributed by atoms with Crippen LogP contribution in [-0.2, 0) is 16.0 Å². The summed E-state index contributed by atoms with van der Waals surface area (Å²) in [4.78, 5) is 38.1. The minimum atomic E-state index is -0.446. The Bertz CT molecular complexity index is 1140. The van der Waals surface area contributed by atoms with E-state index in [9.17, 15) is 9.59 Å². The molecule has 1 aromatic carbocycles. The zero-order chi connectivity index (χ0) is 25.1. The van der Waals surface area contributed by atoms with Crippen LogP contribution in [0.5, 0.6) is 0 Å². The van der Waals surface area contributed by atoms with Crippen molar-refractivity contribution in [3.05, 3.63) is 65.2 Å². The molecule has 1 N–H and O–H groups in total. The molecule has 3 aliphatic rings. The number of nitrogens with zero attached hydrogens (tertiary/aromatic N) is 3. The van der Waals surface area contributed by atoms with Gasteiger partial charge in [0.2, 0.25) is 11.8 Å². The molecule has 36 heavy (non-hydrogen) atoms. The number of rotatable bonds is 7. The highest BCUT2D eigenvalue weighted by Crippen LogP contribution is 2.37. The van der Waals surface area contributed by atoms with Gasteiger partial charge in [0.05, 0.1) is 17.4 Å². The lowest BCUT2D eigenvalue weighted by molar-refractivity contribution is -0.140. The fourth-order valence-electron chi connectivity index (χ4n) is 6.07. The van der Waals surface area contributed by atoms with Crippen molar-refractivity contribution < 1.29 is 9.59 Å². The first-order valence-electron chi connectivity index (χ1n) is 13.8. The molecule has 0 bridgehead atoms. The van der Waals surface area contributed by atoms with Crippen LogP contribution in [0.2, 0.25) is 0 Å². The summed E-state index contributed by atoms with van der Waals surface area (Å²) in [7, 11) is 0. The van der Waals surface area contributed by atoms with Crippen molar-refractivity contribution in [2.45, 2.75) is 83.7 Å². The third kappa shape index (κ3) is 4.95. The van der Waals surface area contributed by atoms with Gasteiger partial charge in [-0.15, -0.1) is 0 Å². The number of hydrogen-bond acceptors (Lipinski definition) is 4. The van der Waals surface area contributed by atoms with Crippen LogP contribution in [0.1, 0.15) is 93.8 Å². The maximum Gasteiger partial charge on any atom is 0.246 e. The van der Waals surface area contributed by atoms with Gasteiger partial charge in [-0.1, -0.05) is 63.5 Å². The summed E-state index contributed by atoms with van der Waals surface area (Å²) in [5.74, 6) is 0.173. The summed E-state index contributed by atoms with van der Waals surface area (Å²) in [5.41, 5.74) is 5.50. The third-order valence-corrected chi connectivity index (χ3v) is 8.42. The normalized spacial score (nSPS) is 21.6. The average molecular weight is 487 g/mol. The SMILES string of the molecule is CCC(C)C(=O)NC(C(=O)N1CCCC1c1cc(C2=CCc3ccccc32)ncn1)C1CCCCC1. The fraction of sp³-hybridized carbons (Fsp3) is 0.533. The first-order chi connectivity index (χ1) is 17.6. The monoisotopic (exact) mass is 486 g/mol. The van der Waals surface area contributed by atoms with E-state index in [1.165, 1.54) is 17.5 Å². The quantitative estimate of drug-likeness (QED) is 0.581. The number of carbonyl (C=O) groups is 2. The number of hydrogen-bond donors (Lipinski definition) is 1. The topological polar surface area (TPSA) is 75.2 Å². The minimum Gasteiger partial charge on any atom is -0.344 e. The van der Waals surface area contributed by atoms with Gasteiger partial charge < -0.3 is 10.2 Å². The highest BCUT2D eigenvalue weighted by molar-refractivity contribution is 5.89. The molecule has 0 radical (unpaired) electrons. The van der Waals surface area contributed by atoms with Crippen LogP contribution in [0.3, 0.4) is 0 Å². The van der Waals surface area contributed by atoms with Gasteiger partial charge in [0, 0.05) is 18.0 Å². The average Bonchev–Trinajstić information content (AvgIpc) is 3.59. The molecule has 6 nitrogen and oxygen atoms in total. The zero-order valence-electron chi connectivity index (χ0n) is 21.6. The molecule has 2 amide bonds. The Labute approximate surface area is 214 Å². The van der Waals surface area contributed by atoms with E-state index < -0.39 is 6.04 Å². The Morgan fingerprint density at radius 2 is 1.89 bits per heavy atom. The summed E-state index contributed by atoms with van der Waals surface area (Å²) in [5, 5.41) is 3.18. The van der Waals surface area contributed by atoms with Crippen LogP contribution < -0.4 is 5.32 Å². The van der Waals surface area contributed by atoms with Crippen molar-refractivity contribution >= 4 is 17.4 Å². The predicted octanol–water partition coefficient (Wildman–Crippen LogP) is 5.24. The maximum absolute atomic E-state index is 14.0. The summed E-state index contributed by atoms with van der Waals surface area (Å²) in [6, 6.07) is 9.99. The van der Waals surface area contributed by atoms with E-state index in [0.29, 0.717) is 6.54 Å². The number of nitrogens with one attached hydrogen (secondary N) is 1. The van der Waals surface area contributed by atoms with Crippen LogP contribution in [0, 0.1) is 11.8 Å². The number of amides is 2. The summed E-state index contributed by atoms with van der Waals surface area (Å²) >= 11 is 0. The van der Waals surface area contributed by atoms with Crippen molar-refractivity contribution in [1.29, 1.82) is 0 Å². The molecule has 1 saturated carbocycles. The zero-order valence-corrected chi connectivity index (χ0v) is 21.6. The first-order valence-corrected chi connectivity index (χ1v) is 13.8. The molecule has 2 aliphatic carbocycles. The molecule has 2 aromatic rings. The number of aromatic nitrogens is 2. The Morgan fingerprint density at radius 3 is 2.69 bits per heavy atom. The van der Waals surface area contributed by atoms with Crippen LogP contribution in [0.15, 0.2) is 42.7 Å². The molecule has 1 aliphatic heterocycles. The van der Waals surface area contributed by atoms with Gasteiger partial charge in [0.25, 0.3) is 0 Å². The molecule has 3 unspecified atom stereocenters. The summed E-state index contributed by atoms with van der Waals surface area (Å²) in [6.45, 7) is 4.66. The lowest BCUT2D eigenvalue weighted by Gasteiger charge is -2.35. The minimum absolute atomic E-state index is 0.00618. The second-order valence-electron chi connectivity index (χ2n) is 10.7. The number of fused-ring (bicyclic) bond motifs is 1. The lowest BCUT2D eigenvalue weighted by atomic mass is 9.83. The van der Waals surface area contributed by atoms with E-state index >= 15 is 0 Å². The van der Waals surface area contributed by atoms with Gasteiger partial charge in [-0.05, 0) is 61.6 Å². The van der Waals surface area contributed by atoms with Gasteiger partial charge in [-0.3, -0.25) is 9.59 Å². The van der Waals surface area contributed by atoms with E-state index in [1.807, 2.05) is 18.7 Å². The number of carbonyl (C=O) groups excluding carboxylic acids is 2. The predicted molar refractivity (Wildman–Crippen MR) is 141 cm³/mol. The lowest BCUT2D eigenvalue weighted by Crippen LogP contribution is -2.53. The molecule has 6 heteroatoms. The summed E-state index contributed by atoms with van der Waals surface area (Å²) < 4.78 is 0. The Hall–Kier alpha value is -3.02. The maximum atomic E-state index is 14.0. The number of benzene rings is 1. The Morgan fingerprint density at radius 1 is 1.08 bits per heavy atom. The summed E-state index contributed by atoms with van der Waals surface area (Å²) in [6.07, 6.45) is 12.9. The van der Waals surface area contributed by atoms with Crippen LogP contribution in [-0.4, -0.2) is 39.3 Å². The molecule has 3 atom stereocenters. The van der Waals surface area contributed by atoms with Crippen molar-refractivity contribution in [2.24, 2.45) is 11.8 Å². The fourth-order valence-corrected chi connectivity index (χ4v) is 6.07. The smallest absolute Gasteiger partial charge is 0.246 e. The Balaban J connectivity index is 1.39. The van der Waals surface area contributed by atoms with Gasteiger partial charge in [0.1, 0.15) is 12.4 Å². The molecular formula is C30H38N4O2. The van der Waals surface area contributed by atoms with E-state index in [1.54, 1.807) is 6.33 Å². The van der Waals surface area contributed by atoms with Crippen molar-refractivity contribution in [3.63, 3.8) is 0 Å². The highest BCUT2D eigenvalue weighted by Gasteiger charge is 2.39. The highest BCUT2D eigenvalue weighted by atomic mass is 16.2. The molecule has 2 heterocycles. The van der Waals surface area contributed by atoms with Crippen molar-refractivity contribution in [1.82, 2.24) is 20.2 Å². The molecule has 1 saturated heterocycles. The van der Waals surface area contributed by atoms with Gasteiger partial charge in [-0.25, -0.2) is 9.97 Å². The molecule has 2 fully saturated rings. The second-order valence-corrected chi connectivity index (χ2v) is 10.7. The van der Waals surface area contributed by atoms with E-state index in [-0.39, 0.29) is 29.7 Å². The Kier molecular flexibility index (Phi) is 7.49. The molecular weight excluding hydrogens is 448 g/mol. The van der Waals surface area contributed by atoms with Crippen LogP contribution >= 0.6 is 0 Å². The first kappa shape index (κ1) is 24.7. The van der Waals surface area contributed by atoms with Crippen molar-refractivity contribution in [3.8, 4) is 0 Å². The standard InChI is InChI=1S/C30H38N4O2/c1-3-20(2)29(35)33-28(22-11-5-4-6-12-22)30(36)34-17-9-14-27(34)26-18-25(31-19-32-26)24-16-15-21-10-7-8-13-23(21)24/h7-8,10,13,16,18-20,22,27-28H,3-6,9,11-12,14-15,17H2,1-2H3,(H,33,35). The van der Waals surface area contributed by atoms with Crippen molar-refractivity contribution in [2.75, 3.05) is 6.54 Å². The van der Waals surface area contributed by atoms with Gasteiger partial charge in [-0.2, -0.15) is 0 Å². The molecule has 0 spiro atoms. The molecule has 1 aromatic heterocycles. The van der Waals surface area contributed by atoms with Gasteiger partial charge in [0.15, 0.2) is 0 Å². The number of allylic oxidation sites excluding steroid dienone is 1.